The number of aliphatic hydroxyl groups is 1. The van der Waals surface area contributed by atoms with E-state index in [0.717, 1.165) is 11.0 Å². The number of nitrogens with zero attached hydrogens (tertiary/aromatic N) is 1. The van der Waals surface area contributed by atoms with Crippen LogP contribution >= 0.6 is 0 Å². The second-order valence-corrected chi connectivity index (χ2v) is 8.53. The van der Waals surface area contributed by atoms with Crippen molar-refractivity contribution in [3.63, 3.8) is 0 Å². The van der Waals surface area contributed by atoms with Gasteiger partial charge in [0.1, 0.15) is 0 Å². The molecule has 176 valence electrons. The van der Waals surface area contributed by atoms with Gasteiger partial charge in [-0.25, -0.2) is 13.2 Å². The van der Waals surface area contributed by atoms with E-state index < -0.39 is 64.6 Å². The summed E-state index contributed by atoms with van der Waals surface area (Å²) >= 11 is 0. The molecule has 4 rings (SSSR count). The van der Waals surface area contributed by atoms with Crippen molar-refractivity contribution in [3.8, 4) is 0 Å². The molecule has 0 aliphatic carbocycles. The summed E-state index contributed by atoms with van der Waals surface area (Å²) < 4.78 is 70.6. The summed E-state index contributed by atoms with van der Waals surface area (Å²) in [5.74, 6) is -11.0. The lowest BCUT2D eigenvalue weighted by Crippen LogP contribution is -2.53. The molecular weight excluding hydrogens is 447 g/mol. The van der Waals surface area contributed by atoms with Crippen LogP contribution in [0.5, 0.6) is 0 Å². The molecule has 2 saturated heterocycles. The van der Waals surface area contributed by atoms with E-state index in [4.69, 9.17) is 0 Å². The van der Waals surface area contributed by atoms with Crippen molar-refractivity contribution in [2.45, 2.75) is 56.7 Å². The Morgan fingerprint density at radius 3 is 2.18 bits per heavy atom. The predicted octanol–water partition coefficient (Wildman–Crippen LogP) is 4.27. The molecule has 2 aliphatic rings. The van der Waals surface area contributed by atoms with Gasteiger partial charge in [-0.15, -0.1) is 0 Å². The maximum atomic E-state index is 15.4. The van der Waals surface area contributed by atoms with Crippen LogP contribution in [0.25, 0.3) is 0 Å². The number of fused-ring (bicyclic) bond motifs is 2. The molecule has 3 atom stereocenters. The van der Waals surface area contributed by atoms with Gasteiger partial charge in [0.05, 0.1) is 6.10 Å². The Labute approximate surface area is 186 Å². The molecular formula is C23H21F5N2O3. The van der Waals surface area contributed by atoms with Crippen molar-refractivity contribution in [3.05, 3.63) is 64.5 Å². The zero-order valence-corrected chi connectivity index (χ0v) is 17.5. The first-order valence-corrected chi connectivity index (χ1v) is 10.4. The second-order valence-electron chi connectivity index (χ2n) is 8.53. The monoisotopic (exact) mass is 468 g/mol. The van der Waals surface area contributed by atoms with Crippen LogP contribution in [0.2, 0.25) is 0 Å². The van der Waals surface area contributed by atoms with Gasteiger partial charge in [-0.3, -0.25) is 9.59 Å². The van der Waals surface area contributed by atoms with Gasteiger partial charge >= 0.3 is 5.92 Å². The van der Waals surface area contributed by atoms with Crippen LogP contribution in [0.4, 0.5) is 27.6 Å². The smallest absolute Gasteiger partial charge is 0.350 e. The molecule has 2 aromatic rings. The summed E-state index contributed by atoms with van der Waals surface area (Å²) in [5, 5.41) is 12.0. The Morgan fingerprint density at radius 2 is 1.61 bits per heavy atom. The predicted molar refractivity (Wildman–Crippen MR) is 108 cm³/mol. The molecule has 2 amide bonds. The Morgan fingerprint density at radius 1 is 1.03 bits per heavy atom. The largest absolute Gasteiger partial charge is 0.393 e. The normalized spacial score (nSPS) is 22.4. The van der Waals surface area contributed by atoms with Crippen LogP contribution in [-0.4, -0.2) is 40.0 Å². The summed E-state index contributed by atoms with van der Waals surface area (Å²) in [6, 6.07) is 3.52. The summed E-state index contributed by atoms with van der Waals surface area (Å²) in [4.78, 5) is 26.6. The third-order valence-electron chi connectivity index (χ3n) is 6.29. The van der Waals surface area contributed by atoms with Gasteiger partial charge in [0.15, 0.2) is 17.5 Å². The fourth-order valence-corrected chi connectivity index (χ4v) is 4.69. The lowest BCUT2D eigenvalue weighted by molar-refractivity contribution is -0.165. The third kappa shape index (κ3) is 4.19. The number of anilines is 1. The fourth-order valence-electron chi connectivity index (χ4n) is 4.69. The Hall–Kier alpha value is -3.01. The molecule has 0 spiro atoms. The van der Waals surface area contributed by atoms with Crippen molar-refractivity contribution in [2.24, 2.45) is 0 Å². The van der Waals surface area contributed by atoms with E-state index in [1.54, 1.807) is 0 Å². The molecule has 2 aliphatic heterocycles. The topological polar surface area (TPSA) is 69.6 Å². The van der Waals surface area contributed by atoms with Crippen LogP contribution in [-0.2, 0) is 10.7 Å². The highest BCUT2D eigenvalue weighted by Gasteiger charge is 2.52. The highest BCUT2D eigenvalue weighted by atomic mass is 19.3. The average molecular weight is 468 g/mol. The van der Waals surface area contributed by atoms with Crippen molar-refractivity contribution < 1.29 is 36.6 Å². The van der Waals surface area contributed by atoms with Gasteiger partial charge < -0.3 is 15.3 Å². The van der Waals surface area contributed by atoms with Crippen molar-refractivity contribution in [2.75, 3.05) is 5.32 Å². The number of hydrogen-bond acceptors (Lipinski definition) is 3. The number of rotatable bonds is 4. The molecule has 10 heteroatoms. The summed E-state index contributed by atoms with van der Waals surface area (Å²) in [7, 11) is 0. The first-order valence-electron chi connectivity index (χ1n) is 10.4. The molecule has 0 aromatic heterocycles. The molecule has 5 nitrogen and oxygen atoms in total. The summed E-state index contributed by atoms with van der Waals surface area (Å²) in [6.45, 7) is 1.37. The lowest BCUT2D eigenvalue weighted by atomic mass is 9.95. The standard InChI is InChI=1S/C23H21F5N2O3/c1-11-2-3-12(21(32)29-13-7-18(24)20(26)19(25)8-13)6-17(11)23(27,28)22(33)30-14-4-5-15(30)10-16(31)9-14/h2-3,6-8,14-16,31H,4-5,9-10H2,1H3,(H,29,32)/t14-,15+,16-. The number of amides is 2. The zero-order valence-electron chi connectivity index (χ0n) is 17.5. The number of carbonyl (C=O) groups is 2. The number of halogens is 5. The highest BCUT2D eigenvalue weighted by Crippen LogP contribution is 2.41. The minimum atomic E-state index is -3.93. The first kappa shape index (κ1) is 23.2. The van der Waals surface area contributed by atoms with E-state index >= 15 is 8.78 Å². The average Bonchev–Trinajstić information content (AvgIpc) is 3.02. The number of alkyl halides is 2. The van der Waals surface area contributed by atoms with E-state index in [0.29, 0.717) is 25.0 Å². The number of piperidine rings is 1. The van der Waals surface area contributed by atoms with Crippen LogP contribution in [0.3, 0.4) is 0 Å². The Kier molecular flexibility index (Phi) is 5.90. The van der Waals surface area contributed by atoms with Crippen LogP contribution in [0.1, 0.15) is 47.2 Å². The van der Waals surface area contributed by atoms with E-state index in [1.807, 2.05) is 0 Å². The Balaban J connectivity index is 1.60. The number of hydrogen-bond donors (Lipinski definition) is 2. The summed E-state index contributed by atoms with van der Waals surface area (Å²) in [6.07, 6.45) is 0.927. The van der Waals surface area contributed by atoms with E-state index in [-0.39, 0.29) is 24.0 Å². The second kappa shape index (κ2) is 8.40. The van der Waals surface area contributed by atoms with E-state index in [1.165, 1.54) is 19.1 Å². The van der Waals surface area contributed by atoms with Gasteiger partial charge in [0.25, 0.3) is 11.8 Å². The number of benzene rings is 2. The number of nitrogens with one attached hydrogen (secondary N) is 1. The maximum absolute atomic E-state index is 15.4. The van der Waals surface area contributed by atoms with Gasteiger partial charge in [-0.1, -0.05) is 6.07 Å². The molecule has 0 saturated carbocycles. The molecule has 33 heavy (non-hydrogen) atoms. The molecule has 2 fully saturated rings. The summed E-state index contributed by atoms with van der Waals surface area (Å²) in [5.41, 5.74) is -1.26. The number of aliphatic hydroxyl groups excluding tert-OH is 1. The van der Waals surface area contributed by atoms with Gasteiger partial charge in [-0.2, -0.15) is 8.78 Å². The third-order valence-corrected chi connectivity index (χ3v) is 6.29. The van der Waals surface area contributed by atoms with E-state index in [2.05, 4.69) is 5.32 Å². The van der Waals surface area contributed by atoms with Gasteiger partial charge in [-0.05, 0) is 50.3 Å². The molecule has 0 radical (unpaired) electrons. The minimum Gasteiger partial charge on any atom is -0.393 e. The molecule has 0 unspecified atom stereocenters. The van der Waals surface area contributed by atoms with Crippen molar-refractivity contribution >= 4 is 17.5 Å². The molecule has 2 heterocycles. The van der Waals surface area contributed by atoms with Gasteiger partial charge in [0.2, 0.25) is 0 Å². The molecule has 2 N–H and O–H groups in total. The van der Waals surface area contributed by atoms with Crippen molar-refractivity contribution in [1.29, 1.82) is 0 Å². The quantitative estimate of drug-likeness (QED) is 0.520. The zero-order chi connectivity index (χ0) is 24.1. The molecule has 2 aromatic carbocycles. The molecule has 2 bridgehead atoms. The first-order chi connectivity index (χ1) is 15.5. The van der Waals surface area contributed by atoms with Crippen LogP contribution < -0.4 is 5.32 Å². The van der Waals surface area contributed by atoms with Crippen LogP contribution in [0.15, 0.2) is 30.3 Å². The van der Waals surface area contributed by atoms with Gasteiger partial charge in [0, 0.05) is 41.0 Å². The highest BCUT2D eigenvalue weighted by molar-refractivity contribution is 6.04. The van der Waals surface area contributed by atoms with E-state index in [9.17, 15) is 27.9 Å². The van der Waals surface area contributed by atoms with Crippen LogP contribution in [0, 0.1) is 24.4 Å². The minimum absolute atomic E-state index is 0.0770. The van der Waals surface area contributed by atoms with Crippen molar-refractivity contribution in [1.82, 2.24) is 4.90 Å². The Bertz CT molecular complexity index is 1090. The fraction of sp³-hybridized carbons (Fsp3) is 0.391. The maximum Gasteiger partial charge on any atom is 0.350 e. The number of aryl methyl sites for hydroxylation is 1. The lowest BCUT2D eigenvalue weighted by Gasteiger charge is -2.39. The number of carbonyl (C=O) groups excluding carboxylic acids is 2. The SMILES string of the molecule is Cc1ccc(C(=O)Nc2cc(F)c(F)c(F)c2)cc1C(F)(F)C(=O)N1[C@@H]2CC[C@H]1C[C@H](O)C2.